The van der Waals surface area contributed by atoms with Crippen LogP contribution in [0.25, 0.3) is 0 Å². The summed E-state index contributed by atoms with van der Waals surface area (Å²) < 4.78 is 0. The Kier molecular flexibility index (Phi) is 4.47. The molecule has 0 radical (unpaired) electrons. The maximum Gasteiger partial charge on any atom is 0.319 e. The van der Waals surface area contributed by atoms with Crippen molar-refractivity contribution in [3.8, 4) is 0 Å². The van der Waals surface area contributed by atoms with Gasteiger partial charge in [0, 0.05) is 17.9 Å². The number of hydrogen-bond acceptors (Lipinski definition) is 2. The Hall–Kier alpha value is -2.30. The zero-order valence-corrected chi connectivity index (χ0v) is 15.1. The number of amides is 3. The summed E-state index contributed by atoms with van der Waals surface area (Å²) in [4.78, 5) is 24.7. The minimum atomic E-state index is -0.268. The van der Waals surface area contributed by atoms with Crippen LogP contribution in [-0.4, -0.2) is 18.5 Å². The van der Waals surface area contributed by atoms with E-state index in [0.717, 1.165) is 42.7 Å². The van der Waals surface area contributed by atoms with Gasteiger partial charge in [0.1, 0.15) is 0 Å². The van der Waals surface area contributed by atoms with Crippen molar-refractivity contribution in [2.24, 2.45) is 23.2 Å². The number of urea groups is 1. The Bertz CT molecular complexity index is 675. The van der Waals surface area contributed by atoms with E-state index in [2.05, 4.69) is 22.5 Å². The van der Waals surface area contributed by atoms with Crippen LogP contribution in [-0.2, 0) is 4.79 Å². The quantitative estimate of drug-likeness (QED) is 0.696. The molecule has 4 fully saturated rings. The van der Waals surface area contributed by atoms with Crippen LogP contribution < -0.4 is 16.0 Å². The zero-order valence-electron chi connectivity index (χ0n) is 15.1. The Morgan fingerprint density at radius 2 is 1.46 bits per heavy atom. The summed E-state index contributed by atoms with van der Waals surface area (Å²) in [7, 11) is 0. The molecule has 0 heterocycles. The summed E-state index contributed by atoms with van der Waals surface area (Å²) >= 11 is 0. The van der Waals surface area contributed by atoms with Gasteiger partial charge in [-0.1, -0.05) is 6.08 Å². The van der Waals surface area contributed by atoms with Crippen molar-refractivity contribution in [1.82, 2.24) is 5.32 Å². The molecule has 4 aliphatic carbocycles. The number of benzene rings is 1. The molecule has 0 atom stereocenters. The molecular weight excluding hydrogens is 326 g/mol. The SMILES string of the molecule is C=CCNC(=O)Nc1ccc(NC(=O)C23CC4CC(CC(C4)C2)C3)cc1. The average Bonchev–Trinajstić information content (AvgIpc) is 2.60. The first kappa shape index (κ1) is 17.1. The van der Waals surface area contributed by atoms with Crippen LogP contribution in [0.3, 0.4) is 0 Å². The fourth-order valence-corrected chi connectivity index (χ4v) is 5.63. The highest BCUT2D eigenvalue weighted by molar-refractivity contribution is 5.96. The lowest BCUT2D eigenvalue weighted by Crippen LogP contribution is -2.51. The number of rotatable bonds is 5. The number of anilines is 2. The van der Waals surface area contributed by atoms with E-state index in [-0.39, 0.29) is 17.4 Å². The molecule has 1 aromatic rings. The third-order valence-corrected chi connectivity index (χ3v) is 6.33. The zero-order chi connectivity index (χ0) is 18.1. The van der Waals surface area contributed by atoms with Gasteiger partial charge in [-0.25, -0.2) is 4.79 Å². The molecule has 5 rings (SSSR count). The minimum absolute atomic E-state index is 0.143. The maximum absolute atomic E-state index is 13.0. The third-order valence-electron chi connectivity index (χ3n) is 6.33. The highest BCUT2D eigenvalue weighted by Gasteiger charge is 2.54. The smallest absolute Gasteiger partial charge is 0.319 e. The first-order valence-corrected chi connectivity index (χ1v) is 9.63. The van der Waals surface area contributed by atoms with Crippen molar-refractivity contribution in [3.05, 3.63) is 36.9 Å². The molecule has 0 spiro atoms. The Labute approximate surface area is 154 Å². The lowest BCUT2D eigenvalue weighted by molar-refractivity contribution is -0.140. The first-order valence-electron chi connectivity index (χ1n) is 9.63. The van der Waals surface area contributed by atoms with Gasteiger partial charge in [0.15, 0.2) is 0 Å². The van der Waals surface area contributed by atoms with E-state index in [0.29, 0.717) is 12.2 Å². The molecule has 3 amide bonds. The molecule has 3 N–H and O–H groups in total. The second-order valence-electron chi connectivity index (χ2n) is 8.35. The molecular formula is C21H27N3O2. The Morgan fingerprint density at radius 1 is 0.962 bits per heavy atom. The fraction of sp³-hybridized carbons (Fsp3) is 0.524. The van der Waals surface area contributed by atoms with Gasteiger partial charge in [-0.2, -0.15) is 0 Å². The lowest BCUT2D eigenvalue weighted by atomic mass is 9.49. The van der Waals surface area contributed by atoms with Gasteiger partial charge in [0.05, 0.1) is 5.41 Å². The van der Waals surface area contributed by atoms with Gasteiger partial charge in [0.25, 0.3) is 0 Å². The third kappa shape index (κ3) is 3.35. The summed E-state index contributed by atoms with van der Waals surface area (Å²) in [6.45, 7) is 3.99. The highest BCUT2D eigenvalue weighted by Crippen LogP contribution is 2.60. The molecule has 0 unspecified atom stereocenters. The van der Waals surface area contributed by atoms with Crippen molar-refractivity contribution in [2.45, 2.75) is 38.5 Å². The normalized spacial score (nSPS) is 31.3. The standard InChI is InChI=1S/C21H27N3O2/c1-2-7-22-20(26)24-18-5-3-17(4-6-18)23-19(25)21-11-14-8-15(12-21)10-16(9-14)13-21/h2-6,14-16H,1,7-13H2,(H,23,25)(H2,22,24,26). The topological polar surface area (TPSA) is 70.2 Å². The predicted octanol–water partition coefficient (Wildman–Crippen LogP) is 4.15. The summed E-state index contributed by atoms with van der Waals surface area (Å²) in [5.74, 6) is 2.47. The first-order chi connectivity index (χ1) is 12.6. The molecule has 0 saturated heterocycles. The van der Waals surface area contributed by atoms with Gasteiger partial charge < -0.3 is 16.0 Å². The van der Waals surface area contributed by atoms with E-state index < -0.39 is 0 Å². The molecule has 0 aromatic heterocycles. The summed E-state index contributed by atoms with van der Waals surface area (Å²) in [6, 6.07) is 7.05. The number of carbonyl (C=O) groups excluding carboxylic acids is 2. The molecule has 1 aromatic carbocycles. The number of nitrogens with one attached hydrogen (secondary N) is 3. The van der Waals surface area contributed by atoms with Gasteiger partial charge in [-0.15, -0.1) is 6.58 Å². The van der Waals surface area contributed by atoms with E-state index in [9.17, 15) is 9.59 Å². The Morgan fingerprint density at radius 3 is 1.96 bits per heavy atom. The molecule has 5 heteroatoms. The molecule has 4 aliphatic rings. The van der Waals surface area contributed by atoms with Gasteiger partial charge in [-0.05, 0) is 80.5 Å². The van der Waals surface area contributed by atoms with Gasteiger partial charge in [-0.3, -0.25) is 4.79 Å². The summed E-state index contributed by atoms with van der Waals surface area (Å²) in [5, 5.41) is 8.55. The van der Waals surface area contributed by atoms with Crippen LogP contribution in [0.5, 0.6) is 0 Å². The van der Waals surface area contributed by atoms with E-state index >= 15 is 0 Å². The van der Waals surface area contributed by atoms with Crippen LogP contribution in [0.4, 0.5) is 16.2 Å². The molecule has 4 bridgehead atoms. The predicted molar refractivity (Wildman–Crippen MR) is 103 cm³/mol. The molecule has 26 heavy (non-hydrogen) atoms. The number of hydrogen-bond donors (Lipinski definition) is 3. The Balaban J connectivity index is 1.37. The summed E-state index contributed by atoms with van der Waals surface area (Å²) in [5.41, 5.74) is 1.35. The van der Waals surface area contributed by atoms with E-state index in [4.69, 9.17) is 0 Å². The fourth-order valence-electron chi connectivity index (χ4n) is 5.63. The maximum atomic E-state index is 13.0. The van der Waals surface area contributed by atoms with Crippen molar-refractivity contribution >= 4 is 23.3 Å². The molecule has 4 saturated carbocycles. The van der Waals surface area contributed by atoms with Crippen LogP contribution in [0.15, 0.2) is 36.9 Å². The van der Waals surface area contributed by atoms with Gasteiger partial charge in [0.2, 0.25) is 5.91 Å². The molecule has 5 nitrogen and oxygen atoms in total. The van der Waals surface area contributed by atoms with E-state index in [1.807, 2.05) is 24.3 Å². The van der Waals surface area contributed by atoms with Crippen LogP contribution in [0, 0.1) is 23.2 Å². The second kappa shape index (κ2) is 6.78. The van der Waals surface area contributed by atoms with E-state index in [1.54, 1.807) is 6.08 Å². The second-order valence-corrected chi connectivity index (χ2v) is 8.35. The van der Waals surface area contributed by atoms with Crippen molar-refractivity contribution in [3.63, 3.8) is 0 Å². The monoisotopic (exact) mass is 353 g/mol. The van der Waals surface area contributed by atoms with Crippen LogP contribution in [0.1, 0.15) is 38.5 Å². The number of carbonyl (C=O) groups is 2. The van der Waals surface area contributed by atoms with Crippen LogP contribution in [0.2, 0.25) is 0 Å². The van der Waals surface area contributed by atoms with Gasteiger partial charge >= 0.3 is 6.03 Å². The lowest BCUT2D eigenvalue weighted by Gasteiger charge is -2.55. The summed E-state index contributed by atoms with van der Waals surface area (Å²) in [6.07, 6.45) is 8.82. The molecule has 0 aliphatic heterocycles. The van der Waals surface area contributed by atoms with Crippen LogP contribution >= 0.6 is 0 Å². The molecule has 138 valence electrons. The highest BCUT2D eigenvalue weighted by atomic mass is 16.2. The van der Waals surface area contributed by atoms with Crippen molar-refractivity contribution in [2.75, 3.05) is 17.2 Å². The van der Waals surface area contributed by atoms with E-state index in [1.165, 1.54) is 19.3 Å². The average molecular weight is 353 g/mol. The van der Waals surface area contributed by atoms with Crippen molar-refractivity contribution in [1.29, 1.82) is 0 Å². The minimum Gasteiger partial charge on any atom is -0.334 e. The largest absolute Gasteiger partial charge is 0.334 e. The van der Waals surface area contributed by atoms with Crippen molar-refractivity contribution < 1.29 is 9.59 Å².